The molecule has 1 fully saturated rings. The maximum Gasteiger partial charge on any atom is 0.332 e. The summed E-state index contributed by atoms with van der Waals surface area (Å²) in [5.74, 6) is 0.174. The summed E-state index contributed by atoms with van der Waals surface area (Å²) in [5, 5.41) is 17.5. The second-order valence-corrected chi connectivity index (χ2v) is 16.1. The fourth-order valence-corrected chi connectivity index (χ4v) is 10.9. The van der Waals surface area contributed by atoms with Crippen molar-refractivity contribution in [2.24, 2.45) is 0 Å². The minimum atomic E-state index is -2.72. The molecule has 0 amide bonds. The standard InChI is InChI=1S/C32H38N6O4Si/c1-32(2,3)43(24-12-7-5-8-13-24,25-14-9-6-10-15-25)42-23-19-17-22(18-20-23)27-28(38(39)40)29(33)37-31(36-27)35-26-16-11-21-34-30(26)41-4/h5-16,21-23H,17-20H2,1-4H3,(H3,33,35,36,37). The first-order chi connectivity index (χ1) is 20.6. The molecule has 0 aliphatic heterocycles. The van der Waals surface area contributed by atoms with Crippen molar-refractivity contribution in [3.8, 4) is 5.88 Å². The van der Waals surface area contributed by atoms with Gasteiger partial charge in [0.1, 0.15) is 11.4 Å². The van der Waals surface area contributed by atoms with Crippen LogP contribution in [-0.4, -0.2) is 41.4 Å². The van der Waals surface area contributed by atoms with Gasteiger partial charge >= 0.3 is 5.69 Å². The lowest BCUT2D eigenvalue weighted by molar-refractivity contribution is -0.385. The summed E-state index contributed by atoms with van der Waals surface area (Å²) in [6.07, 6.45) is 4.45. The Morgan fingerprint density at radius 3 is 2.07 bits per heavy atom. The van der Waals surface area contributed by atoms with E-state index in [1.54, 1.807) is 18.3 Å². The number of nitro groups is 1. The number of ether oxygens (including phenoxy) is 1. The summed E-state index contributed by atoms with van der Waals surface area (Å²) in [5.41, 5.74) is 6.78. The van der Waals surface area contributed by atoms with Crippen molar-refractivity contribution in [1.82, 2.24) is 15.0 Å². The molecule has 0 radical (unpaired) electrons. The van der Waals surface area contributed by atoms with Crippen LogP contribution in [0.15, 0.2) is 79.0 Å². The van der Waals surface area contributed by atoms with Gasteiger partial charge in [0.05, 0.1) is 12.0 Å². The number of aromatic nitrogens is 3. The summed E-state index contributed by atoms with van der Waals surface area (Å²) in [6.45, 7) is 6.80. The number of methoxy groups -OCH3 is 1. The molecule has 1 aliphatic rings. The third-order valence-corrected chi connectivity index (χ3v) is 13.2. The number of pyridine rings is 1. The number of hydrogen-bond acceptors (Lipinski definition) is 9. The van der Waals surface area contributed by atoms with Gasteiger partial charge in [0.25, 0.3) is 8.32 Å². The van der Waals surface area contributed by atoms with E-state index in [9.17, 15) is 10.1 Å². The highest BCUT2D eigenvalue weighted by atomic mass is 28.4. The van der Waals surface area contributed by atoms with Gasteiger partial charge in [-0.25, -0.2) is 9.97 Å². The molecule has 4 aromatic rings. The van der Waals surface area contributed by atoms with Crippen molar-refractivity contribution in [2.45, 2.75) is 63.5 Å². The SMILES string of the molecule is COc1ncccc1Nc1nc(N)c([N+](=O)[O-])c(C2CCC(O[Si](c3ccccc3)(c3ccccc3)C(C)(C)C)CC2)n1. The minimum absolute atomic E-state index is 0.00181. The minimum Gasteiger partial charge on any atom is -0.480 e. The van der Waals surface area contributed by atoms with Crippen molar-refractivity contribution in [3.05, 3.63) is 94.8 Å². The lowest BCUT2D eigenvalue weighted by atomic mass is 9.84. The molecule has 0 atom stereocenters. The number of nitrogens with zero attached hydrogens (tertiary/aromatic N) is 4. The van der Waals surface area contributed by atoms with Gasteiger partial charge in [-0.3, -0.25) is 10.1 Å². The lowest BCUT2D eigenvalue weighted by Crippen LogP contribution is -2.67. The highest BCUT2D eigenvalue weighted by Crippen LogP contribution is 2.43. The first-order valence-electron chi connectivity index (χ1n) is 14.5. The van der Waals surface area contributed by atoms with Gasteiger partial charge in [-0.2, -0.15) is 4.98 Å². The Labute approximate surface area is 253 Å². The average molecular weight is 599 g/mol. The zero-order chi connectivity index (χ0) is 30.6. The fourth-order valence-electron chi connectivity index (χ4n) is 6.18. The van der Waals surface area contributed by atoms with Crippen LogP contribution in [0.5, 0.6) is 5.88 Å². The fraction of sp³-hybridized carbons (Fsp3) is 0.344. The first-order valence-corrected chi connectivity index (χ1v) is 16.4. The van der Waals surface area contributed by atoms with E-state index in [0.717, 1.165) is 12.8 Å². The number of rotatable bonds is 9. The largest absolute Gasteiger partial charge is 0.480 e. The third-order valence-electron chi connectivity index (χ3n) is 8.15. The molecule has 10 nitrogen and oxygen atoms in total. The number of nitrogen functional groups attached to an aromatic ring is 1. The van der Waals surface area contributed by atoms with Crippen LogP contribution in [0.25, 0.3) is 0 Å². The Balaban J connectivity index is 1.43. The average Bonchev–Trinajstić information content (AvgIpc) is 3.00. The molecule has 5 rings (SSSR count). The first kappa shape index (κ1) is 30.1. The molecule has 43 heavy (non-hydrogen) atoms. The Kier molecular flexibility index (Phi) is 8.74. The van der Waals surface area contributed by atoms with Crippen LogP contribution in [0.1, 0.15) is 58.1 Å². The van der Waals surface area contributed by atoms with Crippen LogP contribution in [0.2, 0.25) is 5.04 Å². The van der Waals surface area contributed by atoms with Crippen LogP contribution >= 0.6 is 0 Å². The molecule has 11 heteroatoms. The predicted molar refractivity (Wildman–Crippen MR) is 171 cm³/mol. The van der Waals surface area contributed by atoms with Crippen molar-refractivity contribution < 1.29 is 14.1 Å². The monoisotopic (exact) mass is 598 g/mol. The summed E-state index contributed by atoms with van der Waals surface area (Å²) >= 11 is 0. The van der Waals surface area contributed by atoms with Gasteiger partial charge in [0.15, 0.2) is 0 Å². The van der Waals surface area contributed by atoms with E-state index in [0.29, 0.717) is 30.1 Å². The summed E-state index contributed by atoms with van der Waals surface area (Å²) in [7, 11) is -1.21. The highest BCUT2D eigenvalue weighted by molar-refractivity contribution is 6.99. The molecule has 0 unspecified atom stereocenters. The van der Waals surface area contributed by atoms with Crippen molar-refractivity contribution in [3.63, 3.8) is 0 Å². The quantitative estimate of drug-likeness (QED) is 0.141. The number of nitrogens with one attached hydrogen (secondary N) is 1. The Morgan fingerprint density at radius 2 is 1.53 bits per heavy atom. The molecule has 0 spiro atoms. The second-order valence-electron chi connectivity index (χ2n) is 11.9. The predicted octanol–water partition coefficient (Wildman–Crippen LogP) is 5.72. The van der Waals surface area contributed by atoms with Gasteiger partial charge in [0.2, 0.25) is 17.6 Å². The van der Waals surface area contributed by atoms with E-state index < -0.39 is 13.2 Å². The second kappa shape index (κ2) is 12.5. The number of hydrogen-bond donors (Lipinski definition) is 2. The maximum absolute atomic E-state index is 12.1. The summed E-state index contributed by atoms with van der Waals surface area (Å²) in [6, 6.07) is 24.7. The normalized spacial score (nSPS) is 17.3. The zero-order valence-electron chi connectivity index (χ0n) is 25.0. The van der Waals surface area contributed by atoms with Gasteiger partial charge in [-0.15, -0.1) is 0 Å². The highest BCUT2D eigenvalue weighted by Gasteiger charge is 2.51. The van der Waals surface area contributed by atoms with E-state index in [1.807, 2.05) is 12.1 Å². The van der Waals surface area contributed by atoms with E-state index in [2.05, 4.69) is 89.6 Å². The lowest BCUT2D eigenvalue weighted by Gasteiger charge is -2.46. The smallest absolute Gasteiger partial charge is 0.332 e. The van der Waals surface area contributed by atoms with Gasteiger partial charge < -0.3 is 20.2 Å². The molecule has 0 saturated heterocycles. The molecular weight excluding hydrogens is 560 g/mol. The Hall–Kier alpha value is -4.35. The van der Waals surface area contributed by atoms with E-state index in [-0.39, 0.29) is 34.5 Å². The summed E-state index contributed by atoms with van der Waals surface area (Å²) < 4.78 is 12.7. The van der Waals surface area contributed by atoms with Gasteiger partial charge in [0, 0.05) is 18.2 Å². The number of nitrogens with two attached hydrogens (primary N) is 1. The van der Waals surface area contributed by atoms with Crippen LogP contribution in [0.3, 0.4) is 0 Å². The molecule has 1 aliphatic carbocycles. The Bertz CT molecular complexity index is 1520. The number of benzene rings is 2. The van der Waals surface area contributed by atoms with E-state index >= 15 is 0 Å². The molecule has 2 heterocycles. The van der Waals surface area contributed by atoms with Gasteiger partial charge in [-0.1, -0.05) is 81.4 Å². The van der Waals surface area contributed by atoms with Crippen LogP contribution in [-0.2, 0) is 4.43 Å². The van der Waals surface area contributed by atoms with Crippen LogP contribution in [0.4, 0.5) is 23.1 Å². The molecule has 224 valence electrons. The summed E-state index contributed by atoms with van der Waals surface area (Å²) in [4.78, 5) is 24.6. The number of anilines is 3. The maximum atomic E-state index is 12.1. The van der Waals surface area contributed by atoms with Crippen molar-refractivity contribution in [1.29, 1.82) is 0 Å². The molecule has 1 saturated carbocycles. The third kappa shape index (κ3) is 6.09. The molecule has 3 N–H and O–H groups in total. The molecular formula is C32H38N6O4Si. The van der Waals surface area contributed by atoms with E-state index in [1.165, 1.54) is 17.5 Å². The molecule has 2 aromatic carbocycles. The Morgan fingerprint density at radius 1 is 0.930 bits per heavy atom. The van der Waals surface area contributed by atoms with Crippen molar-refractivity contribution in [2.75, 3.05) is 18.2 Å². The topological polar surface area (TPSA) is 138 Å². The van der Waals surface area contributed by atoms with Crippen molar-refractivity contribution >= 4 is 41.8 Å². The van der Waals surface area contributed by atoms with Crippen LogP contribution in [0, 0.1) is 10.1 Å². The molecule has 0 bridgehead atoms. The zero-order valence-corrected chi connectivity index (χ0v) is 26.0. The van der Waals surface area contributed by atoms with Gasteiger partial charge in [-0.05, 0) is 53.2 Å². The van der Waals surface area contributed by atoms with E-state index in [4.69, 9.17) is 14.9 Å². The molecule has 2 aromatic heterocycles. The van der Waals surface area contributed by atoms with Crippen LogP contribution < -0.4 is 26.2 Å².